The van der Waals surface area contributed by atoms with Crippen molar-refractivity contribution < 1.29 is 4.39 Å². The number of hydrogen-bond acceptors (Lipinski definition) is 3. The molecule has 104 valence electrons. The Morgan fingerprint density at radius 2 is 2.26 bits per heavy atom. The van der Waals surface area contributed by atoms with E-state index in [1.807, 2.05) is 11.8 Å². The van der Waals surface area contributed by atoms with E-state index < -0.39 is 0 Å². The van der Waals surface area contributed by atoms with E-state index in [0.29, 0.717) is 17.7 Å². The lowest BCUT2D eigenvalue weighted by Gasteiger charge is -2.37. The molecule has 3 nitrogen and oxygen atoms in total. The molecule has 0 unspecified atom stereocenters. The first-order valence-corrected chi connectivity index (χ1v) is 7.35. The summed E-state index contributed by atoms with van der Waals surface area (Å²) in [5.74, 6) is 0.713. The van der Waals surface area contributed by atoms with E-state index in [2.05, 4.69) is 18.7 Å². The van der Waals surface area contributed by atoms with Crippen LogP contribution in [0.1, 0.15) is 25.0 Å². The van der Waals surface area contributed by atoms with Crippen molar-refractivity contribution >= 4 is 17.6 Å². The average Bonchev–Trinajstić information content (AvgIpc) is 2.30. The van der Waals surface area contributed by atoms with Crippen molar-refractivity contribution in [1.82, 2.24) is 4.90 Å². The summed E-state index contributed by atoms with van der Waals surface area (Å²) in [6.45, 7) is 7.01. The van der Waals surface area contributed by atoms with Crippen molar-refractivity contribution in [1.29, 1.82) is 5.41 Å². The minimum Gasteiger partial charge on any atom is -0.384 e. The van der Waals surface area contributed by atoms with Crippen LogP contribution >= 0.6 is 11.8 Å². The fraction of sp³-hybridized carbons (Fsp3) is 0.500. The third-order valence-corrected chi connectivity index (χ3v) is 4.56. The van der Waals surface area contributed by atoms with Crippen LogP contribution in [-0.4, -0.2) is 34.3 Å². The van der Waals surface area contributed by atoms with E-state index in [-0.39, 0.29) is 16.4 Å². The summed E-state index contributed by atoms with van der Waals surface area (Å²) >= 11 is 1.97. The maximum Gasteiger partial charge on any atom is 0.128 e. The highest BCUT2D eigenvalue weighted by Crippen LogP contribution is 2.30. The van der Waals surface area contributed by atoms with E-state index in [1.54, 1.807) is 12.1 Å². The van der Waals surface area contributed by atoms with Crippen molar-refractivity contribution in [3.8, 4) is 0 Å². The van der Waals surface area contributed by atoms with Crippen molar-refractivity contribution in [2.45, 2.75) is 25.1 Å². The first-order chi connectivity index (χ1) is 8.87. The Morgan fingerprint density at radius 1 is 1.53 bits per heavy atom. The molecular formula is C14H20FN3S. The number of nitrogens with zero attached hydrogens (tertiary/aromatic N) is 1. The maximum atomic E-state index is 14.0. The standard InChI is InChI=1S/C14H20FN3S/c1-14(2)9-18(5-6-19-14)8-11-4-3-10(13(16)17)7-12(11)15/h3-4,7H,5-6,8-9H2,1-2H3,(H3,16,17). The van der Waals surface area contributed by atoms with Gasteiger partial charge in [0.2, 0.25) is 0 Å². The van der Waals surface area contributed by atoms with Gasteiger partial charge >= 0.3 is 0 Å². The Kier molecular flexibility index (Phi) is 4.16. The second kappa shape index (κ2) is 5.51. The highest BCUT2D eigenvalue weighted by atomic mass is 32.2. The lowest BCUT2D eigenvalue weighted by molar-refractivity contribution is 0.249. The van der Waals surface area contributed by atoms with Gasteiger partial charge in [0.25, 0.3) is 0 Å². The second-order valence-corrected chi connectivity index (χ2v) is 7.34. The topological polar surface area (TPSA) is 53.1 Å². The zero-order valence-electron chi connectivity index (χ0n) is 11.4. The summed E-state index contributed by atoms with van der Waals surface area (Å²) in [4.78, 5) is 2.28. The average molecular weight is 281 g/mol. The Morgan fingerprint density at radius 3 is 2.84 bits per heavy atom. The van der Waals surface area contributed by atoms with Gasteiger partial charge in [-0.15, -0.1) is 0 Å². The smallest absolute Gasteiger partial charge is 0.128 e. The molecule has 1 aromatic rings. The summed E-state index contributed by atoms with van der Waals surface area (Å²) in [5, 5.41) is 7.31. The van der Waals surface area contributed by atoms with Crippen LogP contribution in [0.2, 0.25) is 0 Å². The van der Waals surface area contributed by atoms with Gasteiger partial charge in [0.1, 0.15) is 11.7 Å². The van der Waals surface area contributed by atoms with Gasteiger partial charge in [0.05, 0.1) is 0 Å². The maximum absolute atomic E-state index is 14.0. The summed E-state index contributed by atoms with van der Waals surface area (Å²) in [7, 11) is 0. The number of hydrogen-bond donors (Lipinski definition) is 2. The number of amidine groups is 1. The van der Waals surface area contributed by atoms with Gasteiger partial charge < -0.3 is 5.73 Å². The van der Waals surface area contributed by atoms with Gasteiger partial charge in [-0.3, -0.25) is 10.3 Å². The van der Waals surface area contributed by atoms with Crippen molar-refractivity contribution in [3.63, 3.8) is 0 Å². The van der Waals surface area contributed by atoms with Gasteiger partial charge in [0.15, 0.2) is 0 Å². The fourth-order valence-corrected chi connectivity index (χ4v) is 3.51. The molecule has 1 saturated heterocycles. The van der Waals surface area contributed by atoms with E-state index in [9.17, 15) is 4.39 Å². The molecule has 2 rings (SSSR count). The molecule has 0 bridgehead atoms. The van der Waals surface area contributed by atoms with Crippen LogP contribution in [0.15, 0.2) is 18.2 Å². The van der Waals surface area contributed by atoms with Crippen molar-refractivity contribution in [2.75, 3.05) is 18.8 Å². The predicted octanol–water partition coefficient (Wildman–Crippen LogP) is 2.44. The SMILES string of the molecule is CC1(C)CN(Cc2ccc(C(=N)N)cc2F)CCS1. The fourth-order valence-electron chi connectivity index (χ4n) is 2.33. The lowest BCUT2D eigenvalue weighted by atomic mass is 10.1. The number of nitrogens with two attached hydrogens (primary N) is 1. The molecule has 1 aliphatic heterocycles. The molecule has 0 aliphatic carbocycles. The highest BCUT2D eigenvalue weighted by Gasteiger charge is 2.27. The summed E-state index contributed by atoms with van der Waals surface area (Å²) in [6.07, 6.45) is 0. The minimum atomic E-state index is -0.274. The second-order valence-electron chi connectivity index (χ2n) is 5.54. The van der Waals surface area contributed by atoms with Gasteiger partial charge in [-0.05, 0) is 19.9 Å². The molecular weight excluding hydrogens is 261 g/mol. The molecule has 0 amide bonds. The number of rotatable bonds is 3. The first kappa shape index (κ1) is 14.3. The normalized spacial score (nSPS) is 19.3. The van der Waals surface area contributed by atoms with Crippen LogP contribution in [0, 0.1) is 11.2 Å². The Labute approximate surface area is 117 Å². The number of benzene rings is 1. The molecule has 1 heterocycles. The third-order valence-electron chi connectivity index (χ3n) is 3.26. The largest absolute Gasteiger partial charge is 0.384 e. The minimum absolute atomic E-state index is 0.0963. The lowest BCUT2D eigenvalue weighted by Crippen LogP contribution is -2.42. The van der Waals surface area contributed by atoms with E-state index in [4.69, 9.17) is 11.1 Å². The summed E-state index contributed by atoms with van der Waals surface area (Å²) in [6, 6.07) is 4.80. The monoisotopic (exact) mass is 281 g/mol. The molecule has 1 aromatic carbocycles. The molecule has 0 saturated carbocycles. The van der Waals surface area contributed by atoms with Crippen LogP contribution in [0.25, 0.3) is 0 Å². The zero-order valence-corrected chi connectivity index (χ0v) is 12.2. The van der Waals surface area contributed by atoms with Gasteiger partial charge in [-0.25, -0.2) is 4.39 Å². The molecule has 0 atom stereocenters. The number of nitrogens with one attached hydrogen (secondary N) is 1. The molecule has 1 aliphatic rings. The van der Waals surface area contributed by atoms with Gasteiger partial charge in [-0.2, -0.15) is 11.8 Å². The van der Waals surface area contributed by atoms with Crippen molar-refractivity contribution in [2.24, 2.45) is 5.73 Å². The molecule has 3 N–H and O–H groups in total. The highest BCUT2D eigenvalue weighted by molar-refractivity contribution is 8.00. The third kappa shape index (κ3) is 3.70. The quantitative estimate of drug-likeness (QED) is 0.661. The van der Waals surface area contributed by atoms with Crippen LogP contribution in [0.3, 0.4) is 0 Å². The van der Waals surface area contributed by atoms with Gasteiger partial charge in [0, 0.05) is 41.3 Å². The summed E-state index contributed by atoms with van der Waals surface area (Å²) in [5.41, 5.74) is 6.47. The zero-order chi connectivity index (χ0) is 14.0. The van der Waals surface area contributed by atoms with Gasteiger partial charge in [-0.1, -0.05) is 12.1 Å². The molecule has 1 fully saturated rings. The van der Waals surface area contributed by atoms with Crippen LogP contribution in [-0.2, 0) is 6.54 Å². The molecule has 19 heavy (non-hydrogen) atoms. The van der Waals surface area contributed by atoms with E-state index in [0.717, 1.165) is 18.8 Å². The molecule has 5 heteroatoms. The Hall–Kier alpha value is -1.07. The summed E-state index contributed by atoms with van der Waals surface area (Å²) < 4.78 is 14.2. The Balaban J connectivity index is 2.09. The first-order valence-electron chi connectivity index (χ1n) is 6.36. The van der Waals surface area contributed by atoms with E-state index >= 15 is 0 Å². The molecule has 0 aromatic heterocycles. The molecule has 0 radical (unpaired) electrons. The van der Waals surface area contributed by atoms with Crippen LogP contribution in [0.4, 0.5) is 4.39 Å². The number of nitrogen functional groups attached to an aromatic ring is 1. The Bertz CT molecular complexity index is 488. The van der Waals surface area contributed by atoms with E-state index in [1.165, 1.54) is 6.07 Å². The number of halogens is 1. The van der Waals surface area contributed by atoms with Crippen LogP contribution in [0.5, 0.6) is 0 Å². The van der Waals surface area contributed by atoms with Crippen molar-refractivity contribution in [3.05, 3.63) is 35.1 Å². The molecule has 0 spiro atoms. The predicted molar refractivity (Wildman–Crippen MR) is 79.2 cm³/mol. The number of thioether (sulfide) groups is 1. The van der Waals surface area contributed by atoms with Crippen LogP contribution < -0.4 is 5.73 Å².